The van der Waals surface area contributed by atoms with Gasteiger partial charge in [-0.3, -0.25) is 11.3 Å². The van der Waals surface area contributed by atoms with Crippen LogP contribution >= 0.6 is 11.8 Å². The summed E-state index contributed by atoms with van der Waals surface area (Å²) in [5.41, 5.74) is 9.51. The van der Waals surface area contributed by atoms with Gasteiger partial charge in [-0.2, -0.15) is 11.8 Å². The van der Waals surface area contributed by atoms with Crippen molar-refractivity contribution in [3.8, 4) is 0 Å². The Morgan fingerprint density at radius 3 is 3.12 bits per heavy atom. The smallest absolute Gasteiger partial charge is 0.128 e. The van der Waals surface area contributed by atoms with Gasteiger partial charge in [0, 0.05) is 23.3 Å². The summed E-state index contributed by atoms with van der Waals surface area (Å²) in [6.07, 6.45) is 1.72. The van der Waals surface area contributed by atoms with Crippen LogP contribution in [0, 0.1) is 0 Å². The molecule has 1 fully saturated rings. The quantitative estimate of drug-likeness (QED) is 0.520. The summed E-state index contributed by atoms with van der Waals surface area (Å²) >= 11 is 1.87. The van der Waals surface area contributed by atoms with E-state index in [0.717, 1.165) is 23.7 Å². The molecule has 1 saturated heterocycles. The number of thioether (sulfide) groups is 1. The SMILES string of the molecule is NNC(c1cccnc1N)C1CSCCO1. The summed E-state index contributed by atoms with van der Waals surface area (Å²) in [5.74, 6) is 8.04. The number of nitrogens with zero attached hydrogens (tertiary/aromatic N) is 1. The lowest BCUT2D eigenvalue weighted by molar-refractivity contribution is 0.0469. The average molecular weight is 240 g/mol. The van der Waals surface area contributed by atoms with Crippen LogP contribution in [0.3, 0.4) is 0 Å². The number of nitrogen functional groups attached to an aromatic ring is 1. The minimum absolute atomic E-state index is 0.0512. The molecule has 0 aromatic carbocycles. The number of aromatic nitrogens is 1. The van der Waals surface area contributed by atoms with Crippen molar-refractivity contribution in [1.82, 2.24) is 10.4 Å². The molecule has 6 heteroatoms. The first-order valence-corrected chi connectivity index (χ1v) is 6.34. The first kappa shape index (κ1) is 11.7. The Morgan fingerprint density at radius 1 is 1.62 bits per heavy atom. The minimum atomic E-state index is -0.0958. The monoisotopic (exact) mass is 240 g/mol. The fraction of sp³-hybridized carbons (Fsp3) is 0.500. The molecule has 0 saturated carbocycles. The van der Waals surface area contributed by atoms with Crippen LogP contribution in [0.25, 0.3) is 0 Å². The van der Waals surface area contributed by atoms with Crippen LogP contribution in [0.15, 0.2) is 18.3 Å². The van der Waals surface area contributed by atoms with E-state index in [1.807, 2.05) is 23.9 Å². The molecule has 5 N–H and O–H groups in total. The Bertz CT molecular complexity index is 343. The minimum Gasteiger partial charge on any atom is -0.383 e. The van der Waals surface area contributed by atoms with Crippen LogP contribution in [-0.2, 0) is 4.74 Å². The standard InChI is InChI=1S/C10H16N4OS/c11-10-7(2-1-3-13-10)9(14-12)8-6-16-5-4-15-8/h1-3,8-9,14H,4-6,12H2,(H2,11,13). The van der Waals surface area contributed by atoms with Crippen molar-refractivity contribution in [3.05, 3.63) is 23.9 Å². The third-order valence-electron chi connectivity index (χ3n) is 2.60. The zero-order valence-corrected chi connectivity index (χ0v) is 9.74. The molecule has 1 aliphatic rings. The molecule has 0 amide bonds. The number of ether oxygens (including phenoxy) is 1. The molecule has 0 radical (unpaired) electrons. The highest BCUT2D eigenvalue weighted by atomic mass is 32.2. The molecule has 1 aliphatic heterocycles. The van der Waals surface area contributed by atoms with Gasteiger partial charge >= 0.3 is 0 Å². The first-order valence-electron chi connectivity index (χ1n) is 5.19. The number of rotatable bonds is 3. The molecule has 0 aliphatic carbocycles. The maximum absolute atomic E-state index is 5.83. The predicted octanol–water partition coefficient (Wildman–Crippen LogP) is 0.300. The van der Waals surface area contributed by atoms with Gasteiger partial charge in [0.15, 0.2) is 0 Å². The molecule has 2 unspecified atom stereocenters. The van der Waals surface area contributed by atoms with E-state index in [1.54, 1.807) is 6.20 Å². The van der Waals surface area contributed by atoms with Crippen LogP contribution in [0.1, 0.15) is 11.6 Å². The summed E-state index contributed by atoms with van der Waals surface area (Å²) in [6.45, 7) is 0.758. The Hall–Kier alpha value is -0.820. The third-order valence-corrected chi connectivity index (χ3v) is 3.62. The Balaban J connectivity index is 2.18. The highest BCUT2D eigenvalue weighted by molar-refractivity contribution is 7.99. The number of hydrazine groups is 1. The summed E-state index contributed by atoms with van der Waals surface area (Å²) in [6, 6.07) is 3.68. The van der Waals surface area contributed by atoms with Crippen molar-refractivity contribution in [1.29, 1.82) is 0 Å². The fourth-order valence-electron chi connectivity index (χ4n) is 1.79. The highest BCUT2D eigenvalue weighted by Gasteiger charge is 2.26. The number of nitrogens with one attached hydrogen (secondary N) is 1. The predicted molar refractivity (Wildman–Crippen MR) is 65.8 cm³/mol. The van der Waals surface area contributed by atoms with Gasteiger partial charge in [0.25, 0.3) is 0 Å². The van der Waals surface area contributed by atoms with E-state index in [4.69, 9.17) is 16.3 Å². The van der Waals surface area contributed by atoms with Gasteiger partial charge < -0.3 is 10.5 Å². The van der Waals surface area contributed by atoms with Gasteiger partial charge in [-0.15, -0.1) is 0 Å². The summed E-state index contributed by atoms with van der Waals surface area (Å²) in [7, 11) is 0. The normalized spacial score (nSPS) is 22.9. The summed E-state index contributed by atoms with van der Waals surface area (Å²) in [5, 5.41) is 0. The number of pyridine rings is 1. The molecule has 1 aromatic heterocycles. The van der Waals surface area contributed by atoms with Crippen LogP contribution in [-0.4, -0.2) is 29.2 Å². The molecule has 0 spiro atoms. The van der Waals surface area contributed by atoms with E-state index in [2.05, 4.69) is 10.4 Å². The molecule has 2 heterocycles. The number of nitrogens with two attached hydrogens (primary N) is 2. The first-order chi connectivity index (χ1) is 7.83. The van der Waals surface area contributed by atoms with Crippen molar-refractivity contribution >= 4 is 17.6 Å². The lowest BCUT2D eigenvalue weighted by Crippen LogP contribution is -2.41. The van der Waals surface area contributed by atoms with Gasteiger partial charge in [0.1, 0.15) is 5.82 Å². The van der Waals surface area contributed by atoms with E-state index in [0.29, 0.717) is 5.82 Å². The van der Waals surface area contributed by atoms with Crippen molar-refractivity contribution in [2.45, 2.75) is 12.1 Å². The largest absolute Gasteiger partial charge is 0.383 e. The summed E-state index contributed by atoms with van der Waals surface area (Å²) < 4.78 is 5.69. The van der Waals surface area contributed by atoms with Crippen LogP contribution in [0.2, 0.25) is 0 Å². The van der Waals surface area contributed by atoms with E-state index in [1.165, 1.54) is 0 Å². The molecule has 16 heavy (non-hydrogen) atoms. The van der Waals surface area contributed by atoms with E-state index in [9.17, 15) is 0 Å². The maximum Gasteiger partial charge on any atom is 0.128 e. The number of hydrogen-bond donors (Lipinski definition) is 3. The number of hydrogen-bond acceptors (Lipinski definition) is 6. The fourth-order valence-corrected chi connectivity index (χ4v) is 2.69. The zero-order valence-electron chi connectivity index (χ0n) is 8.93. The topological polar surface area (TPSA) is 86.2 Å². The van der Waals surface area contributed by atoms with E-state index < -0.39 is 0 Å². The van der Waals surface area contributed by atoms with Crippen LogP contribution in [0.4, 0.5) is 5.82 Å². The Kier molecular flexibility index (Phi) is 4.00. The number of anilines is 1. The molecular weight excluding hydrogens is 224 g/mol. The van der Waals surface area contributed by atoms with Crippen LogP contribution in [0.5, 0.6) is 0 Å². The van der Waals surface area contributed by atoms with Crippen molar-refractivity contribution < 1.29 is 4.74 Å². The second-order valence-corrected chi connectivity index (χ2v) is 4.76. The summed E-state index contributed by atoms with van der Waals surface area (Å²) in [4.78, 5) is 4.06. The van der Waals surface area contributed by atoms with E-state index in [-0.39, 0.29) is 12.1 Å². The molecule has 88 valence electrons. The van der Waals surface area contributed by atoms with Gasteiger partial charge in [0.05, 0.1) is 18.8 Å². The lowest BCUT2D eigenvalue weighted by atomic mass is 10.0. The Labute approximate surface area is 98.9 Å². The maximum atomic E-state index is 5.83. The average Bonchev–Trinajstić information content (AvgIpc) is 2.34. The van der Waals surface area contributed by atoms with Gasteiger partial charge in [0.2, 0.25) is 0 Å². The molecular formula is C10H16N4OS. The molecule has 2 atom stereocenters. The lowest BCUT2D eigenvalue weighted by Gasteiger charge is -2.30. The van der Waals surface area contributed by atoms with Crippen molar-refractivity contribution in [2.24, 2.45) is 5.84 Å². The van der Waals surface area contributed by atoms with Crippen molar-refractivity contribution in [2.75, 3.05) is 23.8 Å². The molecule has 5 nitrogen and oxygen atoms in total. The van der Waals surface area contributed by atoms with Crippen molar-refractivity contribution in [3.63, 3.8) is 0 Å². The van der Waals surface area contributed by atoms with E-state index >= 15 is 0 Å². The Morgan fingerprint density at radius 2 is 2.50 bits per heavy atom. The molecule has 0 bridgehead atoms. The van der Waals surface area contributed by atoms with Gasteiger partial charge in [-0.1, -0.05) is 6.07 Å². The second kappa shape index (κ2) is 5.49. The second-order valence-electron chi connectivity index (χ2n) is 3.61. The zero-order chi connectivity index (χ0) is 11.4. The molecule has 1 aromatic rings. The van der Waals surface area contributed by atoms with Crippen LogP contribution < -0.4 is 17.0 Å². The van der Waals surface area contributed by atoms with Gasteiger partial charge in [-0.25, -0.2) is 4.98 Å². The highest BCUT2D eigenvalue weighted by Crippen LogP contribution is 2.27. The third kappa shape index (κ3) is 2.46. The molecule has 2 rings (SSSR count). The van der Waals surface area contributed by atoms with Gasteiger partial charge in [-0.05, 0) is 6.07 Å².